The van der Waals surface area contributed by atoms with Gasteiger partial charge in [0.15, 0.2) is 0 Å². The van der Waals surface area contributed by atoms with E-state index in [1.807, 2.05) is 0 Å². The van der Waals surface area contributed by atoms with Gasteiger partial charge in [-0.1, -0.05) is 18.6 Å². The van der Waals surface area contributed by atoms with Crippen molar-refractivity contribution in [2.75, 3.05) is 19.8 Å². The van der Waals surface area contributed by atoms with Crippen LogP contribution >= 0.6 is 0 Å². The molecular weight excluding hydrogens is 238 g/mol. The normalized spacial score (nSPS) is 25.3. The topological polar surface area (TPSA) is 44.5 Å². The Hall–Kier alpha value is -1.06. The molecule has 3 nitrogen and oxygen atoms in total. The third-order valence-corrected chi connectivity index (χ3v) is 4.37. The van der Waals surface area contributed by atoms with Crippen molar-refractivity contribution in [3.63, 3.8) is 0 Å². The number of nitrogens with two attached hydrogens (primary N) is 1. The summed E-state index contributed by atoms with van der Waals surface area (Å²) in [5.41, 5.74) is 8.47. The molecule has 0 saturated heterocycles. The summed E-state index contributed by atoms with van der Waals surface area (Å²) < 4.78 is 11.5. The first-order valence-electron chi connectivity index (χ1n) is 7.43. The summed E-state index contributed by atoms with van der Waals surface area (Å²) >= 11 is 0. The number of rotatable bonds is 5. The molecule has 0 spiro atoms. The maximum atomic E-state index is 6.02. The highest BCUT2D eigenvalue weighted by Crippen LogP contribution is 2.28. The number of hydrogen-bond acceptors (Lipinski definition) is 3. The molecule has 2 N–H and O–H groups in total. The van der Waals surface area contributed by atoms with Crippen molar-refractivity contribution >= 4 is 0 Å². The average Bonchev–Trinajstić information content (AvgIpc) is 3.06. The zero-order chi connectivity index (χ0) is 13.1. The largest absolute Gasteiger partial charge is 0.493 e. The summed E-state index contributed by atoms with van der Waals surface area (Å²) in [5.74, 6) is 1.64. The van der Waals surface area contributed by atoms with Crippen LogP contribution in [0.25, 0.3) is 0 Å². The molecule has 0 aromatic heterocycles. The fourth-order valence-corrected chi connectivity index (χ4v) is 3.22. The van der Waals surface area contributed by atoms with Crippen LogP contribution in [-0.4, -0.2) is 25.9 Å². The van der Waals surface area contributed by atoms with Crippen molar-refractivity contribution in [1.82, 2.24) is 0 Å². The zero-order valence-electron chi connectivity index (χ0n) is 11.4. The lowest BCUT2D eigenvalue weighted by molar-refractivity contribution is 0.0320. The van der Waals surface area contributed by atoms with Crippen LogP contribution in [0.3, 0.4) is 0 Å². The molecule has 19 heavy (non-hydrogen) atoms. The Bertz CT molecular complexity index is 433. The predicted octanol–water partition coefficient (Wildman–Crippen LogP) is 2.31. The van der Waals surface area contributed by atoms with Crippen LogP contribution in [0.5, 0.6) is 5.75 Å². The van der Waals surface area contributed by atoms with Crippen molar-refractivity contribution in [2.45, 2.75) is 38.2 Å². The van der Waals surface area contributed by atoms with Crippen molar-refractivity contribution in [1.29, 1.82) is 0 Å². The average molecular weight is 261 g/mol. The second-order valence-corrected chi connectivity index (χ2v) is 5.63. The van der Waals surface area contributed by atoms with Gasteiger partial charge >= 0.3 is 0 Å². The number of hydrogen-bond donors (Lipinski definition) is 1. The van der Waals surface area contributed by atoms with Crippen molar-refractivity contribution < 1.29 is 9.47 Å². The van der Waals surface area contributed by atoms with E-state index in [0.29, 0.717) is 12.0 Å². The Balaban J connectivity index is 1.50. The number of ether oxygens (including phenoxy) is 2. The summed E-state index contributed by atoms with van der Waals surface area (Å²) in [4.78, 5) is 0. The minimum Gasteiger partial charge on any atom is -0.493 e. The maximum Gasteiger partial charge on any atom is 0.122 e. The SMILES string of the molecule is NCC1CCCC1OCCc1ccc2c(c1)CCO2. The molecule has 2 unspecified atom stereocenters. The molecule has 1 fully saturated rings. The third-order valence-electron chi connectivity index (χ3n) is 4.37. The van der Waals surface area contributed by atoms with Crippen LogP contribution in [0.15, 0.2) is 18.2 Å². The lowest BCUT2D eigenvalue weighted by Crippen LogP contribution is -2.26. The number of benzene rings is 1. The molecule has 1 aliphatic carbocycles. The van der Waals surface area contributed by atoms with E-state index in [-0.39, 0.29) is 0 Å². The molecule has 1 aliphatic heterocycles. The highest BCUT2D eigenvalue weighted by atomic mass is 16.5. The van der Waals surface area contributed by atoms with Crippen molar-refractivity contribution in [3.05, 3.63) is 29.3 Å². The van der Waals surface area contributed by atoms with Crippen molar-refractivity contribution in [2.24, 2.45) is 11.7 Å². The second kappa shape index (κ2) is 5.93. The molecule has 3 rings (SSSR count). The van der Waals surface area contributed by atoms with Crippen molar-refractivity contribution in [3.8, 4) is 5.75 Å². The predicted molar refractivity (Wildman–Crippen MR) is 75.5 cm³/mol. The molecule has 0 amide bonds. The molecule has 2 atom stereocenters. The van der Waals surface area contributed by atoms with Gasteiger partial charge in [0.1, 0.15) is 5.75 Å². The Morgan fingerprint density at radius 2 is 2.26 bits per heavy atom. The first-order valence-corrected chi connectivity index (χ1v) is 7.43. The fourth-order valence-electron chi connectivity index (χ4n) is 3.22. The van der Waals surface area contributed by atoms with E-state index in [1.165, 1.54) is 30.4 Å². The zero-order valence-corrected chi connectivity index (χ0v) is 11.4. The highest BCUT2D eigenvalue weighted by molar-refractivity contribution is 5.39. The van der Waals surface area contributed by atoms with Crippen LogP contribution in [0, 0.1) is 5.92 Å². The Morgan fingerprint density at radius 3 is 3.16 bits per heavy atom. The van der Waals surface area contributed by atoms with E-state index in [4.69, 9.17) is 15.2 Å². The van der Waals surface area contributed by atoms with Gasteiger partial charge in [0.25, 0.3) is 0 Å². The van der Waals surface area contributed by atoms with E-state index >= 15 is 0 Å². The van der Waals surface area contributed by atoms with Gasteiger partial charge in [0.05, 0.1) is 19.3 Å². The van der Waals surface area contributed by atoms with Crippen LogP contribution in [-0.2, 0) is 17.6 Å². The standard InChI is InChI=1S/C16H23NO2/c17-11-14-2-1-3-15(14)18-8-6-12-4-5-16-13(10-12)7-9-19-16/h4-5,10,14-15H,1-3,6-9,11,17H2. The second-order valence-electron chi connectivity index (χ2n) is 5.63. The molecule has 1 aromatic carbocycles. The summed E-state index contributed by atoms with van der Waals surface area (Å²) in [6.45, 7) is 2.40. The lowest BCUT2D eigenvalue weighted by atomic mass is 10.1. The smallest absolute Gasteiger partial charge is 0.122 e. The quantitative estimate of drug-likeness (QED) is 0.884. The summed E-state index contributed by atoms with van der Waals surface area (Å²) in [7, 11) is 0. The van der Waals surface area contributed by atoms with Gasteiger partial charge in [-0.25, -0.2) is 0 Å². The third kappa shape index (κ3) is 2.93. The van der Waals surface area contributed by atoms with Crippen LogP contribution < -0.4 is 10.5 Å². The van der Waals surface area contributed by atoms with E-state index in [0.717, 1.165) is 38.3 Å². The molecule has 1 heterocycles. The molecule has 2 aliphatic rings. The Kier molecular flexibility index (Phi) is 4.04. The van der Waals surface area contributed by atoms with Gasteiger partial charge in [-0.15, -0.1) is 0 Å². The molecule has 0 bridgehead atoms. The summed E-state index contributed by atoms with van der Waals surface area (Å²) in [5, 5.41) is 0. The maximum absolute atomic E-state index is 6.02. The van der Waals surface area contributed by atoms with Gasteiger partial charge in [0, 0.05) is 6.42 Å². The van der Waals surface area contributed by atoms with E-state index in [2.05, 4.69) is 18.2 Å². The fraction of sp³-hybridized carbons (Fsp3) is 0.625. The molecular formula is C16H23NO2. The van der Waals surface area contributed by atoms with E-state index in [9.17, 15) is 0 Å². The monoisotopic (exact) mass is 261 g/mol. The van der Waals surface area contributed by atoms with Crippen LogP contribution in [0.4, 0.5) is 0 Å². The van der Waals surface area contributed by atoms with Crippen LogP contribution in [0.2, 0.25) is 0 Å². The highest BCUT2D eigenvalue weighted by Gasteiger charge is 2.26. The van der Waals surface area contributed by atoms with E-state index in [1.54, 1.807) is 0 Å². The first-order chi connectivity index (χ1) is 9.36. The Labute approximate surface area is 115 Å². The van der Waals surface area contributed by atoms with Gasteiger partial charge in [-0.05, 0) is 48.9 Å². The van der Waals surface area contributed by atoms with Gasteiger partial charge in [-0.2, -0.15) is 0 Å². The Morgan fingerprint density at radius 1 is 1.32 bits per heavy atom. The van der Waals surface area contributed by atoms with E-state index < -0.39 is 0 Å². The van der Waals surface area contributed by atoms with Gasteiger partial charge < -0.3 is 15.2 Å². The summed E-state index contributed by atoms with van der Waals surface area (Å²) in [6.07, 6.45) is 6.10. The molecule has 3 heteroatoms. The first kappa shape index (κ1) is 12.9. The summed E-state index contributed by atoms with van der Waals surface area (Å²) in [6, 6.07) is 6.51. The lowest BCUT2D eigenvalue weighted by Gasteiger charge is -2.18. The molecule has 104 valence electrons. The number of fused-ring (bicyclic) bond motifs is 1. The van der Waals surface area contributed by atoms with Gasteiger partial charge in [0.2, 0.25) is 0 Å². The molecule has 0 radical (unpaired) electrons. The van der Waals surface area contributed by atoms with Gasteiger partial charge in [-0.3, -0.25) is 0 Å². The van der Waals surface area contributed by atoms with Crippen LogP contribution in [0.1, 0.15) is 30.4 Å². The minimum atomic E-state index is 0.391. The molecule has 1 aromatic rings. The minimum absolute atomic E-state index is 0.391. The molecule has 1 saturated carbocycles.